The summed E-state index contributed by atoms with van der Waals surface area (Å²) < 4.78 is 0. The molecule has 0 radical (unpaired) electrons. The van der Waals surface area contributed by atoms with Crippen LogP contribution in [0.5, 0.6) is 0 Å². The molecule has 104 valence electrons. The molecule has 2 heterocycles. The molecule has 2 aliphatic rings. The fourth-order valence-electron chi connectivity index (χ4n) is 3.33. The fourth-order valence-corrected chi connectivity index (χ4v) is 3.33. The normalized spacial score (nSPS) is 31.1. The van der Waals surface area contributed by atoms with Crippen LogP contribution in [-0.4, -0.2) is 54.0 Å². The Morgan fingerprint density at radius 3 is 2.83 bits per heavy atom. The van der Waals surface area contributed by atoms with Gasteiger partial charge in [0.2, 0.25) is 5.91 Å². The highest BCUT2D eigenvalue weighted by Crippen LogP contribution is 2.29. The molecule has 1 amide bonds. The van der Waals surface area contributed by atoms with Crippen molar-refractivity contribution < 1.29 is 4.79 Å². The van der Waals surface area contributed by atoms with Gasteiger partial charge in [0.05, 0.1) is 0 Å². The summed E-state index contributed by atoms with van der Waals surface area (Å²) in [7, 11) is 2.26. The van der Waals surface area contributed by atoms with Gasteiger partial charge in [-0.3, -0.25) is 20.0 Å². The zero-order valence-electron chi connectivity index (χ0n) is 11.6. The first kappa shape index (κ1) is 13.8. The molecule has 2 rings (SSSR count). The van der Waals surface area contributed by atoms with Crippen LogP contribution in [-0.2, 0) is 4.79 Å². The third kappa shape index (κ3) is 3.02. The van der Waals surface area contributed by atoms with Crippen molar-refractivity contribution in [2.45, 2.75) is 57.2 Å². The molecule has 3 N–H and O–H groups in total. The number of nitrogens with one attached hydrogen (secondary N) is 1. The van der Waals surface area contributed by atoms with Crippen LogP contribution in [0.1, 0.15) is 39.0 Å². The number of carbonyl (C=O) groups is 1. The number of fused-ring (bicyclic) bond motifs is 2. The Kier molecular flexibility index (Phi) is 4.59. The van der Waals surface area contributed by atoms with Gasteiger partial charge >= 0.3 is 0 Å². The number of carbonyl (C=O) groups excluding carboxylic acids is 1. The van der Waals surface area contributed by atoms with Crippen LogP contribution in [0.4, 0.5) is 0 Å². The van der Waals surface area contributed by atoms with Crippen LogP contribution in [0.3, 0.4) is 0 Å². The number of nitrogens with two attached hydrogens (primary N) is 1. The zero-order valence-corrected chi connectivity index (χ0v) is 11.6. The van der Waals surface area contributed by atoms with E-state index in [0.717, 1.165) is 25.6 Å². The first-order valence-electron chi connectivity index (χ1n) is 7.07. The number of hydrazine groups is 1. The summed E-state index contributed by atoms with van der Waals surface area (Å²) in [6.07, 6.45) is 5.37. The third-order valence-electron chi connectivity index (χ3n) is 4.75. The molecule has 3 unspecified atom stereocenters. The van der Waals surface area contributed by atoms with Crippen molar-refractivity contribution in [1.82, 2.24) is 15.2 Å². The van der Waals surface area contributed by atoms with E-state index < -0.39 is 0 Å². The van der Waals surface area contributed by atoms with Crippen molar-refractivity contribution in [2.75, 3.05) is 20.1 Å². The van der Waals surface area contributed by atoms with Crippen LogP contribution in [0.15, 0.2) is 0 Å². The molecule has 0 aromatic rings. The number of likely N-dealkylation sites (tertiary alicyclic amines) is 1. The first-order chi connectivity index (χ1) is 8.61. The zero-order chi connectivity index (χ0) is 13.1. The van der Waals surface area contributed by atoms with Gasteiger partial charge in [0.25, 0.3) is 0 Å². The van der Waals surface area contributed by atoms with Gasteiger partial charge in [0.15, 0.2) is 0 Å². The second kappa shape index (κ2) is 5.99. The highest BCUT2D eigenvalue weighted by atomic mass is 16.2. The number of rotatable bonds is 4. The summed E-state index contributed by atoms with van der Waals surface area (Å²) in [6.45, 7) is 4.54. The molecule has 2 aliphatic heterocycles. The topological polar surface area (TPSA) is 61.6 Å². The van der Waals surface area contributed by atoms with Crippen LogP contribution >= 0.6 is 0 Å². The van der Waals surface area contributed by atoms with Gasteiger partial charge < -0.3 is 0 Å². The minimum Gasteiger partial charge on any atom is -0.299 e. The lowest BCUT2D eigenvalue weighted by atomic mass is 10.1. The number of hydrogen-bond donors (Lipinski definition) is 2. The van der Waals surface area contributed by atoms with Crippen molar-refractivity contribution in [3.63, 3.8) is 0 Å². The van der Waals surface area contributed by atoms with E-state index in [1.165, 1.54) is 19.3 Å². The molecule has 0 spiro atoms. The number of amides is 1. The van der Waals surface area contributed by atoms with Crippen molar-refractivity contribution in [3.05, 3.63) is 0 Å². The van der Waals surface area contributed by atoms with Crippen molar-refractivity contribution in [3.8, 4) is 0 Å². The van der Waals surface area contributed by atoms with E-state index >= 15 is 0 Å². The molecule has 2 bridgehead atoms. The molecule has 0 aromatic heterocycles. The predicted molar refractivity (Wildman–Crippen MR) is 71.8 cm³/mol. The van der Waals surface area contributed by atoms with Crippen molar-refractivity contribution >= 4 is 5.91 Å². The van der Waals surface area contributed by atoms with Gasteiger partial charge in [-0.05, 0) is 46.2 Å². The van der Waals surface area contributed by atoms with E-state index in [1.54, 1.807) is 0 Å². The summed E-state index contributed by atoms with van der Waals surface area (Å²) in [5.41, 5.74) is 2.20. The van der Waals surface area contributed by atoms with E-state index in [4.69, 9.17) is 5.84 Å². The summed E-state index contributed by atoms with van der Waals surface area (Å²) in [5.74, 6) is 5.05. The minimum atomic E-state index is -0.0599. The predicted octanol–water partition coefficient (Wildman–Crippen LogP) is 0.314. The highest BCUT2D eigenvalue weighted by Gasteiger charge is 2.35. The molecular formula is C13H26N4O. The van der Waals surface area contributed by atoms with Gasteiger partial charge in [-0.25, -0.2) is 5.84 Å². The molecule has 0 aliphatic carbocycles. The second-order valence-corrected chi connectivity index (χ2v) is 5.79. The van der Waals surface area contributed by atoms with Crippen molar-refractivity contribution in [2.24, 2.45) is 5.84 Å². The summed E-state index contributed by atoms with van der Waals surface area (Å²) in [5, 5.41) is 0. The Balaban J connectivity index is 1.84. The smallest absolute Gasteiger partial charge is 0.233 e. The monoisotopic (exact) mass is 254 g/mol. The molecule has 3 atom stereocenters. The van der Waals surface area contributed by atoms with Gasteiger partial charge in [-0.1, -0.05) is 0 Å². The Morgan fingerprint density at radius 2 is 2.11 bits per heavy atom. The Bertz CT molecular complexity index is 297. The van der Waals surface area contributed by atoms with E-state index in [2.05, 4.69) is 29.2 Å². The average molecular weight is 254 g/mol. The Labute approximate surface area is 110 Å². The molecule has 5 heteroatoms. The van der Waals surface area contributed by atoms with E-state index in [9.17, 15) is 4.79 Å². The quantitative estimate of drug-likeness (QED) is 0.431. The highest BCUT2D eigenvalue weighted by molar-refractivity contribution is 5.75. The maximum Gasteiger partial charge on any atom is 0.233 e. The lowest BCUT2D eigenvalue weighted by molar-refractivity contribution is -0.121. The maximum absolute atomic E-state index is 11.2. The SMILES string of the molecule is CC(CCC(=O)NN)N1CCC2CCC(C1)N2C. The number of likely N-dealkylation sites (N-methyl/N-ethyl adjacent to an activating group) is 1. The number of hydrogen-bond acceptors (Lipinski definition) is 4. The molecular weight excluding hydrogens is 228 g/mol. The van der Waals surface area contributed by atoms with Crippen molar-refractivity contribution in [1.29, 1.82) is 0 Å². The van der Waals surface area contributed by atoms with Gasteiger partial charge in [0, 0.05) is 31.1 Å². The number of nitrogens with zero attached hydrogens (tertiary/aromatic N) is 2. The van der Waals surface area contributed by atoms with Crippen LogP contribution in [0.25, 0.3) is 0 Å². The third-order valence-corrected chi connectivity index (χ3v) is 4.75. The van der Waals surface area contributed by atoms with Gasteiger partial charge in [0.1, 0.15) is 0 Å². The van der Waals surface area contributed by atoms with Gasteiger partial charge in [-0.2, -0.15) is 0 Å². The summed E-state index contributed by atoms with van der Waals surface area (Å²) in [4.78, 5) is 16.3. The van der Waals surface area contributed by atoms with E-state index in [-0.39, 0.29) is 5.91 Å². The summed E-state index contributed by atoms with van der Waals surface area (Å²) >= 11 is 0. The standard InChI is InChI=1S/C13H26N4O/c1-10(3-6-13(18)15-14)17-8-7-11-4-5-12(9-17)16(11)2/h10-12H,3-9,14H2,1-2H3,(H,15,18). The fraction of sp³-hybridized carbons (Fsp3) is 0.923. The van der Waals surface area contributed by atoms with Crippen LogP contribution in [0, 0.1) is 0 Å². The molecule has 0 saturated carbocycles. The molecule has 2 saturated heterocycles. The average Bonchev–Trinajstić information content (AvgIpc) is 2.60. The van der Waals surface area contributed by atoms with Crippen LogP contribution < -0.4 is 11.3 Å². The van der Waals surface area contributed by atoms with Crippen LogP contribution in [0.2, 0.25) is 0 Å². The molecule has 18 heavy (non-hydrogen) atoms. The van der Waals surface area contributed by atoms with Gasteiger partial charge in [-0.15, -0.1) is 0 Å². The maximum atomic E-state index is 11.2. The Hall–Kier alpha value is -0.650. The Morgan fingerprint density at radius 1 is 1.39 bits per heavy atom. The lowest BCUT2D eigenvalue weighted by Crippen LogP contribution is -2.41. The lowest BCUT2D eigenvalue weighted by Gasteiger charge is -2.30. The summed E-state index contributed by atoms with van der Waals surface area (Å²) in [6, 6.07) is 1.96. The minimum absolute atomic E-state index is 0.0599. The van der Waals surface area contributed by atoms with E-state index in [1.807, 2.05) is 0 Å². The largest absolute Gasteiger partial charge is 0.299 e. The second-order valence-electron chi connectivity index (χ2n) is 5.79. The molecule has 5 nitrogen and oxygen atoms in total. The van der Waals surface area contributed by atoms with E-state index in [0.29, 0.717) is 18.5 Å². The molecule has 0 aromatic carbocycles. The molecule has 2 fully saturated rings. The first-order valence-corrected chi connectivity index (χ1v) is 7.07.